The monoisotopic (exact) mass is 377 g/mol. The van der Waals surface area contributed by atoms with Crippen molar-refractivity contribution < 1.29 is 13.2 Å². The van der Waals surface area contributed by atoms with Crippen LogP contribution in [0.5, 0.6) is 0 Å². The zero-order valence-electron chi connectivity index (χ0n) is 13.6. The van der Waals surface area contributed by atoms with Gasteiger partial charge in [-0.05, 0) is 23.6 Å². The number of carbonyl (C=O) groups excluding carboxylic acids is 1. The number of sulfone groups is 1. The van der Waals surface area contributed by atoms with Gasteiger partial charge in [-0.3, -0.25) is 14.7 Å². The molecule has 2 atom stereocenters. The molecule has 8 heteroatoms. The molecule has 0 unspecified atom stereocenters. The van der Waals surface area contributed by atoms with E-state index >= 15 is 0 Å². The Morgan fingerprint density at radius 3 is 2.72 bits per heavy atom. The van der Waals surface area contributed by atoms with Gasteiger partial charge in [-0.15, -0.1) is 11.3 Å². The van der Waals surface area contributed by atoms with Gasteiger partial charge in [-0.25, -0.2) is 8.42 Å². The molecule has 0 N–H and O–H groups in total. The van der Waals surface area contributed by atoms with Crippen LogP contribution in [0.3, 0.4) is 0 Å². The Balaban J connectivity index is 1.59. The maximum absolute atomic E-state index is 12.8. The summed E-state index contributed by atoms with van der Waals surface area (Å²) in [4.78, 5) is 22.1. The Morgan fingerprint density at radius 2 is 2.00 bits per heavy atom. The summed E-state index contributed by atoms with van der Waals surface area (Å²) >= 11 is 1.67. The van der Waals surface area contributed by atoms with Crippen LogP contribution in [0.2, 0.25) is 0 Å². The van der Waals surface area contributed by atoms with Crippen molar-refractivity contribution in [3.8, 4) is 0 Å². The normalized spacial score (nSPS) is 25.7. The molecular weight excluding hydrogens is 358 g/mol. The molecule has 0 aromatic carbocycles. The predicted molar refractivity (Wildman–Crippen MR) is 96.2 cm³/mol. The van der Waals surface area contributed by atoms with Gasteiger partial charge in [-0.2, -0.15) is 0 Å². The Bertz CT molecular complexity index is 853. The van der Waals surface area contributed by atoms with Gasteiger partial charge in [0.2, 0.25) is 0 Å². The van der Waals surface area contributed by atoms with E-state index in [9.17, 15) is 13.2 Å². The van der Waals surface area contributed by atoms with E-state index in [2.05, 4.69) is 16.0 Å². The Kier molecular flexibility index (Phi) is 4.35. The molecule has 4 rings (SSSR count). The Labute approximate surface area is 151 Å². The Hall–Kier alpha value is -1.77. The number of nitrogens with zero attached hydrogens (tertiary/aromatic N) is 3. The molecule has 25 heavy (non-hydrogen) atoms. The fourth-order valence-corrected chi connectivity index (χ4v) is 6.45. The molecule has 6 nitrogen and oxygen atoms in total. The summed E-state index contributed by atoms with van der Waals surface area (Å²) in [7, 11) is -3.14. The summed E-state index contributed by atoms with van der Waals surface area (Å²) in [5, 5.41) is 2.03. The SMILES string of the molecule is O=C(c1ccccn1)N1CCN(Cc2cccs2)[C@H]2CS(=O)(=O)C[C@H]21. The summed E-state index contributed by atoms with van der Waals surface area (Å²) in [5.41, 5.74) is 0.372. The fraction of sp³-hybridized carbons (Fsp3) is 0.412. The van der Waals surface area contributed by atoms with Crippen LogP contribution in [0.4, 0.5) is 0 Å². The maximum Gasteiger partial charge on any atom is 0.272 e. The highest BCUT2D eigenvalue weighted by atomic mass is 32.2. The van der Waals surface area contributed by atoms with Crippen molar-refractivity contribution in [2.24, 2.45) is 0 Å². The third-order valence-electron chi connectivity index (χ3n) is 4.87. The zero-order chi connectivity index (χ0) is 17.4. The predicted octanol–water partition coefficient (Wildman–Crippen LogP) is 1.27. The van der Waals surface area contributed by atoms with Crippen LogP contribution in [-0.2, 0) is 16.4 Å². The smallest absolute Gasteiger partial charge is 0.272 e. The van der Waals surface area contributed by atoms with E-state index in [0.717, 1.165) is 6.54 Å². The first-order valence-electron chi connectivity index (χ1n) is 8.22. The lowest BCUT2D eigenvalue weighted by atomic mass is 10.0. The summed E-state index contributed by atoms with van der Waals surface area (Å²) < 4.78 is 24.5. The number of hydrogen-bond acceptors (Lipinski definition) is 6. The number of fused-ring (bicyclic) bond motifs is 1. The molecule has 0 saturated carbocycles. The molecule has 2 fully saturated rings. The molecule has 2 aromatic rings. The van der Waals surface area contributed by atoms with Gasteiger partial charge in [0, 0.05) is 36.8 Å². The van der Waals surface area contributed by atoms with Gasteiger partial charge in [0.05, 0.1) is 17.5 Å². The van der Waals surface area contributed by atoms with Crippen LogP contribution in [0.25, 0.3) is 0 Å². The molecule has 2 aliphatic rings. The average Bonchev–Trinajstić information content (AvgIpc) is 3.22. The number of thiophene rings is 1. The van der Waals surface area contributed by atoms with E-state index in [1.54, 1.807) is 40.6 Å². The van der Waals surface area contributed by atoms with E-state index in [1.165, 1.54) is 4.88 Å². The molecule has 4 heterocycles. The maximum atomic E-state index is 12.8. The van der Waals surface area contributed by atoms with Gasteiger partial charge >= 0.3 is 0 Å². The van der Waals surface area contributed by atoms with Gasteiger partial charge in [0.25, 0.3) is 5.91 Å². The van der Waals surface area contributed by atoms with Crippen molar-refractivity contribution in [2.75, 3.05) is 24.6 Å². The molecule has 0 radical (unpaired) electrons. The van der Waals surface area contributed by atoms with Gasteiger partial charge in [0.1, 0.15) is 5.69 Å². The molecule has 0 bridgehead atoms. The van der Waals surface area contributed by atoms with E-state index in [0.29, 0.717) is 18.8 Å². The molecule has 2 aliphatic heterocycles. The average molecular weight is 377 g/mol. The first-order valence-corrected chi connectivity index (χ1v) is 10.9. The van der Waals surface area contributed by atoms with Gasteiger partial charge < -0.3 is 4.90 Å². The second kappa shape index (κ2) is 6.51. The third kappa shape index (κ3) is 3.33. The molecule has 2 saturated heterocycles. The van der Waals surface area contributed by atoms with Crippen molar-refractivity contribution >= 4 is 27.1 Å². The summed E-state index contributed by atoms with van der Waals surface area (Å²) in [5.74, 6) is -0.0184. The number of rotatable bonds is 3. The zero-order valence-corrected chi connectivity index (χ0v) is 15.2. The van der Waals surface area contributed by atoms with Crippen LogP contribution in [0.1, 0.15) is 15.4 Å². The number of hydrogen-bond donors (Lipinski definition) is 0. The lowest BCUT2D eigenvalue weighted by Gasteiger charge is -2.43. The molecule has 132 valence electrons. The van der Waals surface area contributed by atoms with Gasteiger partial charge in [0.15, 0.2) is 9.84 Å². The largest absolute Gasteiger partial charge is 0.330 e. The molecular formula is C17H19N3O3S2. The van der Waals surface area contributed by atoms with Crippen LogP contribution in [0, 0.1) is 0 Å². The number of amides is 1. The quantitative estimate of drug-likeness (QED) is 0.806. The van der Waals surface area contributed by atoms with Crippen molar-refractivity contribution in [2.45, 2.75) is 18.6 Å². The van der Waals surface area contributed by atoms with Crippen molar-refractivity contribution in [1.82, 2.24) is 14.8 Å². The third-order valence-corrected chi connectivity index (χ3v) is 7.43. The second-order valence-electron chi connectivity index (χ2n) is 6.47. The highest BCUT2D eigenvalue weighted by molar-refractivity contribution is 7.91. The first kappa shape index (κ1) is 16.7. The topological polar surface area (TPSA) is 70.6 Å². The van der Waals surface area contributed by atoms with Crippen molar-refractivity contribution in [3.05, 3.63) is 52.5 Å². The number of piperazine rings is 1. The fourth-order valence-electron chi connectivity index (χ4n) is 3.71. The first-order chi connectivity index (χ1) is 12.0. The van der Waals surface area contributed by atoms with E-state index in [-0.39, 0.29) is 29.5 Å². The van der Waals surface area contributed by atoms with E-state index in [1.807, 2.05) is 11.4 Å². The Morgan fingerprint density at radius 1 is 1.16 bits per heavy atom. The second-order valence-corrected chi connectivity index (χ2v) is 9.66. The highest BCUT2D eigenvalue weighted by Gasteiger charge is 2.48. The van der Waals surface area contributed by atoms with Crippen LogP contribution in [-0.4, -0.2) is 65.8 Å². The summed E-state index contributed by atoms with van der Waals surface area (Å²) in [6.45, 7) is 1.94. The molecule has 2 aromatic heterocycles. The number of pyridine rings is 1. The van der Waals surface area contributed by atoms with Crippen molar-refractivity contribution in [1.29, 1.82) is 0 Å². The summed E-state index contributed by atoms with van der Waals surface area (Å²) in [6.07, 6.45) is 1.59. The molecule has 0 spiro atoms. The summed E-state index contributed by atoms with van der Waals surface area (Å²) in [6, 6.07) is 8.84. The van der Waals surface area contributed by atoms with E-state index < -0.39 is 9.84 Å². The molecule has 0 aliphatic carbocycles. The minimum Gasteiger partial charge on any atom is -0.330 e. The highest BCUT2D eigenvalue weighted by Crippen LogP contribution is 2.29. The standard InChI is InChI=1S/C17H19N3O3S2/c21-17(14-5-1-2-6-18-14)20-8-7-19(10-13-4-3-9-24-13)15-11-25(22,23)12-16(15)20/h1-6,9,15-16H,7-8,10-12H2/t15-,16+/m0/s1. The number of aromatic nitrogens is 1. The lowest BCUT2D eigenvalue weighted by Crippen LogP contribution is -2.60. The van der Waals surface area contributed by atoms with E-state index in [4.69, 9.17) is 0 Å². The van der Waals surface area contributed by atoms with Gasteiger partial charge in [-0.1, -0.05) is 12.1 Å². The minimum atomic E-state index is -3.14. The minimum absolute atomic E-state index is 0.0389. The number of carbonyl (C=O) groups is 1. The van der Waals surface area contributed by atoms with Crippen molar-refractivity contribution in [3.63, 3.8) is 0 Å². The van der Waals surface area contributed by atoms with Crippen LogP contribution >= 0.6 is 11.3 Å². The lowest BCUT2D eigenvalue weighted by molar-refractivity contribution is 0.0305. The molecule has 1 amide bonds. The van der Waals surface area contributed by atoms with Crippen LogP contribution in [0.15, 0.2) is 41.9 Å². The van der Waals surface area contributed by atoms with Crippen LogP contribution < -0.4 is 0 Å².